The first kappa shape index (κ1) is 20.2. The number of rotatable bonds is 6. The van der Waals surface area contributed by atoms with Gasteiger partial charge in [-0.15, -0.1) is 0 Å². The number of carbonyl (C=O) groups is 1. The predicted molar refractivity (Wildman–Crippen MR) is 118 cm³/mol. The lowest BCUT2D eigenvalue weighted by atomic mass is 10.0. The Morgan fingerprint density at radius 3 is 2.62 bits per heavy atom. The van der Waals surface area contributed by atoms with Crippen LogP contribution in [0.3, 0.4) is 0 Å². The van der Waals surface area contributed by atoms with Gasteiger partial charge in [0, 0.05) is 23.5 Å². The monoisotopic (exact) mass is 448 g/mol. The second-order valence-electron chi connectivity index (χ2n) is 7.54. The summed E-state index contributed by atoms with van der Waals surface area (Å²) in [7, 11) is -3.65. The average molecular weight is 448 g/mol. The number of hydrogen-bond acceptors (Lipinski definition) is 6. The molecule has 2 aromatic heterocycles. The number of ketones is 1. The van der Waals surface area contributed by atoms with E-state index in [1.165, 1.54) is 18.2 Å². The molecule has 4 aromatic rings. The van der Waals surface area contributed by atoms with Crippen LogP contribution in [0.15, 0.2) is 67.1 Å². The van der Waals surface area contributed by atoms with Gasteiger partial charge in [-0.1, -0.05) is 6.07 Å². The summed E-state index contributed by atoms with van der Waals surface area (Å²) in [6, 6.07) is 12.4. The van der Waals surface area contributed by atoms with Gasteiger partial charge < -0.3 is 0 Å². The highest BCUT2D eigenvalue weighted by Crippen LogP contribution is 2.31. The molecule has 9 heteroatoms. The minimum absolute atomic E-state index is 0.219. The lowest BCUT2D eigenvalue weighted by Gasteiger charge is -2.11. The van der Waals surface area contributed by atoms with Crippen LogP contribution in [0.2, 0.25) is 0 Å². The minimum atomic E-state index is -3.65. The predicted octanol–water partition coefficient (Wildman–Crippen LogP) is 3.97. The number of halogens is 1. The second-order valence-corrected chi connectivity index (χ2v) is 9.50. The molecule has 1 saturated carbocycles. The van der Waals surface area contributed by atoms with Crippen molar-refractivity contribution in [1.82, 2.24) is 15.0 Å². The van der Waals surface area contributed by atoms with Crippen molar-refractivity contribution in [3.63, 3.8) is 0 Å². The van der Waals surface area contributed by atoms with E-state index in [4.69, 9.17) is 0 Å². The number of benzene rings is 2. The SMILES string of the molecule is O=C(c1ccc2ncc(-c3cccnc3)nc2c1)c1cccc(NS(=O)(=O)C2CC2)c1F. The summed E-state index contributed by atoms with van der Waals surface area (Å²) in [5.74, 6) is -1.48. The van der Waals surface area contributed by atoms with E-state index < -0.39 is 26.9 Å². The Morgan fingerprint density at radius 1 is 1.03 bits per heavy atom. The van der Waals surface area contributed by atoms with E-state index in [-0.39, 0.29) is 16.8 Å². The average Bonchev–Trinajstić information content (AvgIpc) is 3.66. The lowest BCUT2D eigenvalue weighted by molar-refractivity contribution is 0.103. The Morgan fingerprint density at radius 2 is 1.88 bits per heavy atom. The van der Waals surface area contributed by atoms with Crippen molar-refractivity contribution in [3.8, 4) is 11.3 Å². The molecule has 2 aromatic carbocycles. The highest BCUT2D eigenvalue weighted by atomic mass is 32.2. The van der Waals surface area contributed by atoms with E-state index in [1.807, 2.05) is 6.07 Å². The number of sulfonamides is 1. The van der Waals surface area contributed by atoms with Crippen molar-refractivity contribution in [1.29, 1.82) is 0 Å². The molecule has 0 amide bonds. The summed E-state index contributed by atoms with van der Waals surface area (Å²) in [5.41, 5.74) is 2.19. The molecule has 1 aliphatic rings. The van der Waals surface area contributed by atoms with Crippen molar-refractivity contribution in [3.05, 3.63) is 84.1 Å². The van der Waals surface area contributed by atoms with Gasteiger partial charge in [-0.2, -0.15) is 0 Å². The third kappa shape index (κ3) is 3.82. The Hall–Kier alpha value is -3.72. The van der Waals surface area contributed by atoms with Crippen LogP contribution in [0.5, 0.6) is 0 Å². The molecule has 0 aliphatic heterocycles. The molecule has 0 saturated heterocycles. The third-order valence-corrected chi connectivity index (χ3v) is 7.07. The van der Waals surface area contributed by atoms with E-state index in [1.54, 1.807) is 42.9 Å². The van der Waals surface area contributed by atoms with Crippen LogP contribution in [0.4, 0.5) is 10.1 Å². The van der Waals surface area contributed by atoms with E-state index in [0.29, 0.717) is 29.6 Å². The van der Waals surface area contributed by atoms with Crippen molar-refractivity contribution >= 4 is 32.5 Å². The van der Waals surface area contributed by atoms with E-state index >= 15 is 4.39 Å². The number of aromatic nitrogens is 3. The fourth-order valence-corrected chi connectivity index (χ4v) is 4.75. The number of carbonyl (C=O) groups excluding carboxylic acids is 1. The number of fused-ring (bicyclic) bond motifs is 1. The molecule has 1 aliphatic carbocycles. The van der Waals surface area contributed by atoms with Gasteiger partial charge in [0.15, 0.2) is 11.6 Å². The largest absolute Gasteiger partial charge is 0.288 e. The lowest BCUT2D eigenvalue weighted by Crippen LogP contribution is -2.19. The molecule has 0 radical (unpaired) electrons. The number of nitrogens with one attached hydrogen (secondary N) is 1. The zero-order chi connectivity index (χ0) is 22.3. The van der Waals surface area contributed by atoms with Gasteiger partial charge in [0.1, 0.15) is 0 Å². The molecule has 0 spiro atoms. The van der Waals surface area contributed by atoms with E-state index in [2.05, 4.69) is 19.7 Å². The summed E-state index contributed by atoms with van der Waals surface area (Å²) in [6.45, 7) is 0. The number of pyridine rings is 1. The summed E-state index contributed by atoms with van der Waals surface area (Å²) in [5, 5.41) is -0.505. The number of nitrogens with zero attached hydrogens (tertiary/aromatic N) is 3. The zero-order valence-corrected chi connectivity index (χ0v) is 17.5. The second kappa shape index (κ2) is 7.76. The molecule has 7 nitrogen and oxygen atoms in total. The van der Waals surface area contributed by atoms with Crippen LogP contribution in [-0.2, 0) is 10.0 Å². The van der Waals surface area contributed by atoms with Crippen molar-refractivity contribution in [2.45, 2.75) is 18.1 Å². The van der Waals surface area contributed by atoms with Crippen LogP contribution >= 0.6 is 0 Å². The van der Waals surface area contributed by atoms with Gasteiger partial charge >= 0.3 is 0 Å². The number of hydrogen-bond donors (Lipinski definition) is 1. The Kier molecular flexibility index (Phi) is 4.90. The first-order valence-electron chi connectivity index (χ1n) is 9.94. The van der Waals surface area contributed by atoms with Crippen LogP contribution in [0.25, 0.3) is 22.3 Å². The topological polar surface area (TPSA) is 102 Å². The maximum absolute atomic E-state index is 15.0. The first-order valence-corrected chi connectivity index (χ1v) is 11.5. The van der Waals surface area contributed by atoms with Gasteiger partial charge in [0.05, 0.1) is 39.4 Å². The first-order chi connectivity index (χ1) is 15.4. The molecule has 160 valence electrons. The Balaban J connectivity index is 1.50. The van der Waals surface area contributed by atoms with Gasteiger partial charge in [-0.3, -0.25) is 19.5 Å². The quantitative estimate of drug-likeness (QED) is 0.448. The standard InChI is InChI=1S/C23H17FN4O3S/c24-22-17(4-1-5-19(22)28-32(30,31)16-7-8-16)23(29)14-6-9-18-20(11-14)27-21(13-26-18)15-3-2-10-25-12-15/h1-6,9-13,16,28H,7-8H2. The minimum Gasteiger partial charge on any atom is -0.288 e. The molecule has 0 atom stereocenters. The van der Waals surface area contributed by atoms with Gasteiger partial charge in [0.2, 0.25) is 10.0 Å². The smallest absolute Gasteiger partial charge is 0.235 e. The van der Waals surface area contributed by atoms with Crippen molar-refractivity contribution < 1.29 is 17.6 Å². The fourth-order valence-electron chi connectivity index (χ4n) is 3.36. The van der Waals surface area contributed by atoms with Crippen molar-refractivity contribution in [2.24, 2.45) is 0 Å². The zero-order valence-electron chi connectivity index (χ0n) is 16.7. The summed E-state index contributed by atoms with van der Waals surface area (Å²) >= 11 is 0. The van der Waals surface area contributed by atoms with Crippen LogP contribution in [0, 0.1) is 5.82 Å². The molecule has 0 bridgehead atoms. The highest BCUT2D eigenvalue weighted by molar-refractivity contribution is 7.93. The molecule has 1 fully saturated rings. The van der Waals surface area contributed by atoms with Crippen LogP contribution in [-0.4, -0.2) is 34.4 Å². The number of anilines is 1. The van der Waals surface area contributed by atoms with Crippen molar-refractivity contribution in [2.75, 3.05) is 4.72 Å². The molecule has 32 heavy (non-hydrogen) atoms. The normalized spacial score (nSPS) is 13.8. The molecule has 5 rings (SSSR count). The van der Waals surface area contributed by atoms with E-state index in [0.717, 1.165) is 5.56 Å². The molecule has 1 N–H and O–H groups in total. The summed E-state index contributed by atoms with van der Waals surface area (Å²) in [4.78, 5) is 26.1. The highest BCUT2D eigenvalue weighted by Gasteiger charge is 2.36. The Labute approximate surface area is 183 Å². The fraction of sp³-hybridized carbons (Fsp3) is 0.130. The summed E-state index contributed by atoms with van der Waals surface area (Å²) in [6.07, 6.45) is 6.04. The maximum atomic E-state index is 15.0. The van der Waals surface area contributed by atoms with Gasteiger partial charge in [-0.25, -0.2) is 17.8 Å². The maximum Gasteiger partial charge on any atom is 0.235 e. The molecule has 0 unspecified atom stereocenters. The molecule has 2 heterocycles. The van der Waals surface area contributed by atoms with Crippen LogP contribution < -0.4 is 4.72 Å². The van der Waals surface area contributed by atoms with Crippen LogP contribution in [0.1, 0.15) is 28.8 Å². The third-order valence-electron chi connectivity index (χ3n) is 5.22. The van der Waals surface area contributed by atoms with Gasteiger partial charge in [-0.05, 0) is 55.3 Å². The molecular weight excluding hydrogens is 431 g/mol. The summed E-state index contributed by atoms with van der Waals surface area (Å²) < 4.78 is 41.7. The molecular formula is C23H17FN4O3S. The van der Waals surface area contributed by atoms with E-state index in [9.17, 15) is 13.2 Å². The van der Waals surface area contributed by atoms with Gasteiger partial charge in [0.25, 0.3) is 0 Å². The Bertz CT molecular complexity index is 1460.